The smallest absolute Gasteiger partial charge is 0.298 e. The Morgan fingerprint density at radius 3 is 2.50 bits per heavy atom. The standard InChI is InChI=1S/C10H17NO3/c1-5-10(3,4)11-9(13)6-8(2)14-7-12/h6-7H,5H2,1-4H3,(H,11,13). The number of nitrogens with one attached hydrogen (secondary N) is 1. The normalized spacial score (nSPS) is 12.1. The van der Waals surface area contributed by atoms with Crippen LogP contribution in [0.5, 0.6) is 0 Å². The van der Waals surface area contributed by atoms with Crippen molar-refractivity contribution in [3.05, 3.63) is 11.8 Å². The number of amides is 1. The summed E-state index contributed by atoms with van der Waals surface area (Å²) in [6.07, 6.45) is 2.09. The second-order valence-electron chi connectivity index (χ2n) is 3.70. The van der Waals surface area contributed by atoms with Crippen molar-refractivity contribution in [2.24, 2.45) is 0 Å². The maximum Gasteiger partial charge on any atom is 0.298 e. The fourth-order valence-electron chi connectivity index (χ4n) is 0.753. The molecule has 1 N–H and O–H groups in total. The van der Waals surface area contributed by atoms with Crippen LogP contribution in [0.4, 0.5) is 0 Å². The molecule has 0 atom stereocenters. The summed E-state index contributed by atoms with van der Waals surface area (Å²) in [6, 6.07) is 0. The average molecular weight is 199 g/mol. The van der Waals surface area contributed by atoms with Crippen LogP contribution < -0.4 is 5.32 Å². The van der Waals surface area contributed by atoms with Crippen LogP contribution in [0, 0.1) is 0 Å². The lowest BCUT2D eigenvalue weighted by Gasteiger charge is -2.23. The molecular weight excluding hydrogens is 182 g/mol. The van der Waals surface area contributed by atoms with E-state index in [2.05, 4.69) is 10.1 Å². The highest BCUT2D eigenvalue weighted by Crippen LogP contribution is 2.06. The first kappa shape index (κ1) is 12.7. The molecule has 0 unspecified atom stereocenters. The molecule has 0 rings (SSSR count). The number of rotatable bonds is 5. The van der Waals surface area contributed by atoms with Crippen molar-refractivity contribution in [1.82, 2.24) is 5.32 Å². The largest absolute Gasteiger partial charge is 0.433 e. The minimum absolute atomic E-state index is 0.241. The summed E-state index contributed by atoms with van der Waals surface area (Å²) in [6.45, 7) is 7.68. The summed E-state index contributed by atoms with van der Waals surface area (Å²) in [7, 11) is 0. The number of hydrogen-bond donors (Lipinski definition) is 1. The van der Waals surface area contributed by atoms with E-state index >= 15 is 0 Å². The molecular formula is C10H17NO3. The Kier molecular flexibility index (Phi) is 4.91. The Labute approximate surface area is 84.3 Å². The van der Waals surface area contributed by atoms with E-state index in [-0.39, 0.29) is 17.2 Å². The van der Waals surface area contributed by atoms with Gasteiger partial charge in [0.1, 0.15) is 5.76 Å². The minimum atomic E-state index is -0.254. The Morgan fingerprint density at radius 1 is 1.50 bits per heavy atom. The molecule has 0 aliphatic rings. The molecule has 0 saturated heterocycles. The van der Waals surface area contributed by atoms with Gasteiger partial charge >= 0.3 is 0 Å². The van der Waals surface area contributed by atoms with Gasteiger partial charge in [-0.1, -0.05) is 6.92 Å². The summed E-state index contributed by atoms with van der Waals surface area (Å²) < 4.78 is 4.48. The highest BCUT2D eigenvalue weighted by Gasteiger charge is 2.16. The first-order valence-corrected chi connectivity index (χ1v) is 4.52. The number of ether oxygens (including phenoxy) is 1. The first-order chi connectivity index (χ1) is 6.41. The molecule has 0 saturated carbocycles. The summed E-state index contributed by atoms with van der Waals surface area (Å²) in [5.41, 5.74) is -0.241. The predicted molar refractivity (Wildman–Crippen MR) is 53.4 cm³/mol. The fourth-order valence-corrected chi connectivity index (χ4v) is 0.753. The van der Waals surface area contributed by atoms with Gasteiger partial charge in [-0.25, -0.2) is 0 Å². The van der Waals surface area contributed by atoms with Crippen molar-refractivity contribution >= 4 is 12.4 Å². The van der Waals surface area contributed by atoms with Crippen LogP contribution in [0.3, 0.4) is 0 Å². The zero-order valence-electron chi connectivity index (χ0n) is 9.09. The molecule has 0 aromatic carbocycles. The number of carbonyl (C=O) groups is 2. The Balaban J connectivity index is 4.23. The van der Waals surface area contributed by atoms with Crippen LogP contribution in [0.2, 0.25) is 0 Å². The van der Waals surface area contributed by atoms with Gasteiger partial charge in [0, 0.05) is 11.6 Å². The van der Waals surface area contributed by atoms with Crippen molar-refractivity contribution in [2.75, 3.05) is 0 Å². The highest BCUT2D eigenvalue weighted by molar-refractivity contribution is 5.88. The van der Waals surface area contributed by atoms with E-state index in [9.17, 15) is 9.59 Å². The van der Waals surface area contributed by atoms with Gasteiger partial charge in [-0.05, 0) is 27.2 Å². The summed E-state index contributed by atoms with van der Waals surface area (Å²) in [5.74, 6) is 0.0283. The van der Waals surface area contributed by atoms with Crippen molar-refractivity contribution in [2.45, 2.75) is 39.7 Å². The fraction of sp³-hybridized carbons (Fsp3) is 0.600. The van der Waals surface area contributed by atoms with E-state index in [0.29, 0.717) is 6.47 Å². The third-order valence-electron chi connectivity index (χ3n) is 1.91. The molecule has 0 aliphatic heterocycles. The first-order valence-electron chi connectivity index (χ1n) is 4.52. The molecule has 1 amide bonds. The highest BCUT2D eigenvalue weighted by atomic mass is 16.5. The van der Waals surface area contributed by atoms with Crippen LogP contribution >= 0.6 is 0 Å². The lowest BCUT2D eigenvalue weighted by molar-refractivity contribution is -0.125. The molecule has 14 heavy (non-hydrogen) atoms. The van der Waals surface area contributed by atoms with Gasteiger partial charge in [0.05, 0.1) is 0 Å². The molecule has 0 aliphatic carbocycles. The van der Waals surface area contributed by atoms with Crippen LogP contribution in [0.1, 0.15) is 34.1 Å². The van der Waals surface area contributed by atoms with Crippen molar-refractivity contribution in [3.8, 4) is 0 Å². The van der Waals surface area contributed by atoms with E-state index in [1.807, 2.05) is 20.8 Å². The summed E-state index contributed by atoms with van der Waals surface area (Å²) in [5, 5.41) is 2.78. The van der Waals surface area contributed by atoms with Crippen molar-refractivity contribution in [3.63, 3.8) is 0 Å². The van der Waals surface area contributed by atoms with E-state index in [1.165, 1.54) is 6.08 Å². The second kappa shape index (κ2) is 5.42. The van der Waals surface area contributed by atoms with Gasteiger partial charge in [-0.2, -0.15) is 0 Å². The molecule has 0 fully saturated rings. The van der Waals surface area contributed by atoms with Gasteiger partial charge in [0.15, 0.2) is 0 Å². The van der Waals surface area contributed by atoms with Gasteiger partial charge in [-0.15, -0.1) is 0 Å². The van der Waals surface area contributed by atoms with E-state index in [0.717, 1.165) is 6.42 Å². The third kappa shape index (κ3) is 5.35. The van der Waals surface area contributed by atoms with Gasteiger partial charge in [-0.3, -0.25) is 9.59 Å². The van der Waals surface area contributed by atoms with E-state index < -0.39 is 0 Å². The van der Waals surface area contributed by atoms with Crippen molar-refractivity contribution in [1.29, 1.82) is 0 Å². The average Bonchev–Trinajstić information content (AvgIpc) is 2.03. The zero-order chi connectivity index (χ0) is 11.2. The molecule has 4 nitrogen and oxygen atoms in total. The predicted octanol–water partition coefficient (Wildman–Crippen LogP) is 1.37. The number of hydrogen-bond acceptors (Lipinski definition) is 3. The van der Waals surface area contributed by atoms with Gasteiger partial charge < -0.3 is 10.1 Å². The Hall–Kier alpha value is -1.32. The molecule has 0 radical (unpaired) electrons. The summed E-state index contributed by atoms with van der Waals surface area (Å²) >= 11 is 0. The number of allylic oxidation sites excluding steroid dienone is 1. The monoisotopic (exact) mass is 199 g/mol. The maximum atomic E-state index is 11.3. The van der Waals surface area contributed by atoms with E-state index in [4.69, 9.17) is 0 Å². The third-order valence-corrected chi connectivity index (χ3v) is 1.91. The number of carbonyl (C=O) groups excluding carboxylic acids is 2. The lowest BCUT2D eigenvalue weighted by Crippen LogP contribution is -2.42. The van der Waals surface area contributed by atoms with Crippen LogP contribution in [-0.2, 0) is 14.3 Å². The molecule has 0 heterocycles. The molecule has 4 heteroatoms. The molecule has 0 spiro atoms. The van der Waals surface area contributed by atoms with Crippen LogP contribution in [-0.4, -0.2) is 17.9 Å². The van der Waals surface area contributed by atoms with Crippen molar-refractivity contribution < 1.29 is 14.3 Å². The van der Waals surface area contributed by atoms with Crippen LogP contribution in [0.15, 0.2) is 11.8 Å². The van der Waals surface area contributed by atoms with Gasteiger partial charge in [0.2, 0.25) is 5.91 Å². The molecule has 0 aromatic rings. The molecule has 80 valence electrons. The molecule has 0 aromatic heterocycles. The summed E-state index contributed by atoms with van der Waals surface area (Å²) in [4.78, 5) is 21.3. The quantitative estimate of drug-likeness (QED) is 0.413. The molecule has 0 bridgehead atoms. The SMILES string of the molecule is CCC(C)(C)NC(=O)C=C(C)OC=O. The minimum Gasteiger partial charge on any atom is -0.433 e. The zero-order valence-corrected chi connectivity index (χ0v) is 9.09. The van der Waals surface area contributed by atoms with Crippen LogP contribution in [0.25, 0.3) is 0 Å². The lowest BCUT2D eigenvalue weighted by atomic mass is 10.0. The second-order valence-corrected chi connectivity index (χ2v) is 3.70. The topological polar surface area (TPSA) is 55.4 Å². The Morgan fingerprint density at radius 2 is 2.07 bits per heavy atom. The Bertz CT molecular complexity index is 244. The van der Waals surface area contributed by atoms with E-state index in [1.54, 1.807) is 6.92 Å². The van der Waals surface area contributed by atoms with Gasteiger partial charge in [0.25, 0.3) is 6.47 Å². The maximum absolute atomic E-state index is 11.3.